The van der Waals surface area contributed by atoms with Crippen molar-refractivity contribution >= 4 is 0 Å². The molecule has 0 aliphatic carbocycles. The van der Waals surface area contributed by atoms with E-state index in [4.69, 9.17) is 0 Å². The molecule has 1 aromatic carbocycles. The maximum atomic E-state index is 3.54. The Bertz CT molecular complexity index is 347. The molecule has 2 aliphatic rings. The summed E-state index contributed by atoms with van der Waals surface area (Å²) in [6, 6.07) is 11.7. The molecule has 3 rings (SSSR count). The maximum absolute atomic E-state index is 3.54. The summed E-state index contributed by atoms with van der Waals surface area (Å²) in [5.41, 5.74) is 1.46. The van der Waals surface area contributed by atoms with Crippen molar-refractivity contribution in [3.05, 3.63) is 35.9 Å². The maximum Gasteiger partial charge on any atom is 0.0236 e. The Hall–Kier alpha value is -0.860. The van der Waals surface area contributed by atoms with Crippen molar-refractivity contribution in [2.45, 2.75) is 31.8 Å². The minimum atomic E-state index is 0.824. The minimum Gasteiger partial charge on any atom is -0.316 e. The highest BCUT2D eigenvalue weighted by molar-refractivity contribution is 5.14. The molecule has 2 nitrogen and oxygen atoms in total. The van der Waals surface area contributed by atoms with Crippen LogP contribution >= 0.6 is 0 Å². The number of piperidine rings is 2. The average Bonchev–Trinajstić information content (AvgIpc) is 2.40. The molecule has 2 fully saturated rings. The normalized spacial score (nSPS) is 29.9. The molecule has 0 radical (unpaired) electrons. The third-order valence-corrected chi connectivity index (χ3v) is 4.29. The number of hydrogen-bond acceptors (Lipinski definition) is 2. The first-order valence-corrected chi connectivity index (χ1v) is 6.92. The van der Waals surface area contributed by atoms with Crippen LogP contribution in [0.2, 0.25) is 0 Å². The van der Waals surface area contributed by atoms with Crippen LogP contribution in [0.3, 0.4) is 0 Å². The van der Waals surface area contributed by atoms with Gasteiger partial charge in [0.15, 0.2) is 0 Å². The molecule has 2 heteroatoms. The van der Waals surface area contributed by atoms with Gasteiger partial charge in [0.05, 0.1) is 0 Å². The number of rotatable bonds is 2. The van der Waals surface area contributed by atoms with Gasteiger partial charge in [-0.1, -0.05) is 30.3 Å². The highest BCUT2D eigenvalue weighted by atomic mass is 15.2. The van der Waals surface area contributed by atoms with Crippen LogP contribution in [-0.2, 0) is 6.54 Å². The highest BCUT2D eigenvalue weighted by Crippen LogP contribution is 2.28. The summed E-state index contributed by atoms with van der Waals surface area (Å²) >= 11 is 0. The van der Waals surface area contributed by atoms with Gasteiger partial charge in [0, 0.05) is 12.6 Å². The molecule has 2 heterocycles. The van der Waals surface area contributed by atoms with Gasteiger partial charge in [0.25, 0.3) is 0 Å². The summed E-state index contributed by atoms with van der Waals surface area (Å²) in [4.78, 5) is 2.71. The van der Waals surface area contributed by atoms with Crippen molar-refractivity contribution in [1.29, 1.82) is 0 Å². The SMILES string of the molecule is c1ccc(CN2CCC[C@@H]3CNCC[C@H]32)cc1. The largest absolute Gasteiger partial charge is 0.316 e. The zero-order valence-electron chi connectivity index (χ0n) is 10.4. The van der Waals surface area contributed by atoms with Gasteiger partial charge in [-0.2, -0.15) is 0 Å². The lowest BCUT2D eigenvalue weighted by atomic mass is 9.84. The fraction of sp³-hybridized carbons (Fsp3) is 0.600. The van der Waals surface area contributed by atoms with E-state index in [-0.39, 0.29) is 0 Å². The molecule has 0 spiro atoms. The number of nitrogens with zero attached hydrogens (tertiary/aromatic N) is 1. The summed E-state index contributed by atoms with van der Waals surface area (Å²) in [5.74, 6) is 0.890. The molecule has 0 aromatic heterocycles. The van der Waals surface area contributed by atoms with Gasteiger partial charge in [0.1, 0.15) is 0 Å². The van der Waals surface area contributed by atoms with Gasteiger partial charge < -0.3 is 5.32 Å². The molecule has 2 atom stereocenters. The van der Waals surface area contributed by atoms with Crippen molar-refractivity contribution in [3.8, 4) is 0 Å². The molecule has 0 unspecified atom stereocenters. The van der Waals surface area contributed by atoms with E-state index in [9.17, 15) is 0 Å². The van der Waals surface area contributed by atoms with E-state index in [0.29, 0.717) is 0 Å². The smallest absolute Gasteiger partial charge is 0.0236 e. The van der Waals surface area contributed by atoms with Gasteiger partial charge in [0.2, 0.25) is 0 Å². The molecule has 2 aliphatic heterocycles. The molecule has 1 N–H and O–H groups in total. The second kappa shape index (κ2) is 5.19. The first kappa shape index (κ1) is 11.2. The Kier molecular flexibility index (Phi) is 3.44. The Balaban J connectivity index is 1.69. The predicted molar refractivity (Wildman–Crippen MR) is 70.9 cm³/mol. The van der Waals surface area contributed by atoms with Crippen LogP contribution in [-0.4, -0.2) is 30.6 Å². The summed E-state index contributed by atoms with van der Waals surface area (Å²) in [6.07, 6.45) is 4.12. The Morgan fingerprint density at radius 1 is 1.18 bits per heavy atom. The molecule has 17 heavy (non-hydrogen) atoms. The second-order valence-electron chi connectivity index (χ2n) is 5.42. The Labute approximate surface area is 104 Å². The number of benzene rings is 1. The van der Waals surface area contributed by atoms with Gasteiger partial charge in [-0.05, 0) is 50.4 Å². The van der Waals surface area contributed by atoms with Crippen LogP contribution in [0.15, 0.2) is 30.3 Å². The molecule has 0 saturated carbocycles. The van der Waals surface area contributed by atoms with E-state index >= 15 is 0 Å². The number of likely N-dealkylation sites (tertiary alicyclic amines) is 1. The predicted octanol–water partition coefficient (Wildman–Crippen LogP) is 2.26. The standard InChI is InChI=1S/C15H22N2/c1-2-5-13(6-3-1)12-17-10-4-7-14-11-16-9-8-15(14)17/h1-3,5-6,14-16H,4,7-12H2/t14-,15-/m1/s1. The molecular formula is C15H22N2. The van der Waals surface area contributed by atoms with Crippen molar-refractivity contribution in [2.24, 2.45) is 5.92 Å². The molecule has 92 valence electrons. The Morgan fingerprint density at radius 2 is 2.06 bits per heavy atom. The molecular weight excluding hydrogens is 208 g/mol. The van der Waals surface area contributed by atoms with Gasteiger partial charge >= 0.3 is 0 Å². The first-order valence-electron chi connectivity index (χ1n) is 6.92. The van der Waals surface area contributed by atoms with E-state index in [1.54, 1.807) is 0 Å². The number of nitrogens with one attached hydrogen (secondary N) is 1. The van der Waals surface area contributed by atoms with Crippen molar-refractivity contribution in [2.75, 3.05) is 19.6 Å². The fourth-order valence-electron chi connectivity index (χ4n) is 3.42. The second-order valence-corrected chi connectivity index (χ2v) is 5.42. The third-order valence-electron chi connectivity index (χ3n) is 4.29. The van der Waals surface area contributed by atoms with Crippen LogP contribution in [0, 0.1) is 5.92 Å². The lowest BCUT2D eigenvalue weighted by molar-refractivity contribution is 0.0627. The lowest BCUT2D eigenvalue weighted by Crippen LogP contribution is -2.52. The minimum absolute atomic E-state index is 0.824. The molecule has 0 bridgehead atoms. The van der Waals surface area contributed by atoms with Crippen LogP contribution < -0.4 is 5.32 Å². The van der Waals surface area contributed by atoms with E-state index in [1.807, 2.05) is 0 Å². The average molecular weight is 230 g/mol. The lowest BCUT2D eigenvalue weighted by Gasteiger charge is -2.44. The fourth-order valence-corrected chi connectivity index (χ4v) is 3.42. The van der Waals surface area contributed by atoms with Crippen LogP contribution in [0.4, 0.5) is 0 Å². The van der Waals surface area contributed by atoms with Gasteiger partial charge in [-0.25, -0.2) is 0 Å². The van der Waals surface area contributed by atoms with Crippen molar-refractivity contribution in [1.82, 2.24) is 10.2 Å². The topological polar surface area (TPSA) is 15.3 Å². The van der Waals surface area contributed by atoms with E-state index < -0.39 is 0 Å². The zero-order chi connectivity index (χ0) is 11.5. The van der Waals surface area contributed by atoms with Crippen molar-refractivity contribution < 1.29 is 0 Å². The number of hydrogen-bond donors (Lipinski definition) is 1. The van der Waals surface area contributed by atoms with Gasteiger partial charge in [-0.3, -0.25) is 4.90 Å². The summed E-state index contributed by atoms with van der Waals surface area (Å²) in [7, 11) is 0. The van der Waals surface area contributed by atoms with E-state index in [0.717, 1.165) is 18.5 Å². The van der Waals surface area contributed by atoms with Crippen LogP contribution in [0.25, 0.3) is 0 Å². The van der Waals surface area contributed by atoms with E-state index in [2.05, 4.69) is 40.5 Å². The summed E-state index contributed by atoms with van der Waals surface area (Å²) < 4.78 is 0. The quantitative estimate of drug-likeness (QED) is 0.838. The first-order chi connectivity index (χ1) is 8.43. The highest BCUT2D eigenvalue weighted by Gasteiger charge is 2.32. The van der Waals surface area contributed by atoms with Crippen LogP contribution in [0.1, 0.15) is 24.8 Å². The molecule has 2 saturated heterocycles. The molecule has 0 amide bonds. The number of fused-ring (bicyclic) bond motifs is 1. The third kappa shape index (κ3) is 2.53. The Morgan fingerprint density at radius 3 is 2.94 bits per heavy atom. The monoisotopic (exact) mass is 230 g/mol. The van der Waals surface area contributed by atoms with Gasteiger partial charge in [-0.15, -0.1) is 0 Å². The van der Waals surface area contributed by atoms with Crippen molar-refractivity contribution in [3.63, 3.8) is 0 Å². The van der Waals surface area contributed by atoms with Crippen LogP contribution in [0.5, 0.6) is 0 Å². The van der Waals surface area contributed by atoms with E-state index in [1.165, 1.54) is 44.5 Å². The zero-order valence-corrected chi connectivity index (χ0v) is 10.4. The summed E-state index contributed by atoms with van der Waals surface area (Å²) in [5, 5.41) is 3.54. The molecule has 1 aromatic rings. The summed E-state index contributed by atoms with van der Waals surface area (Å²) in [6.45, 7) is 4.86.